The minimum Gasteiger partial charge on any atom is -0.369 e. The Labute approximate surface area is 98.4 Å². The van der Waals surface area contributed by atoms with E-state index in [2.05, 4.69) is 6.92 Å². The minimum atomic E-state index is -0.192. The number of hydrogen-bond donors (Lipinski definition) is 1. The summed E-state index contributed by atoms with van der Waals surface area (Å²) in [5.41, 5.74) is 5.17. The summed E-state index contributed by atoms with van der Waals surface area (Å²) in [4.78, 5) is 10.7. The van der Waals surface area contributed by atoms with Crippen molar-refractivity contribution in [2.75, 3.05) is 5.75 Å². The van der Waals surface area contributed by atoms with Gasteiger partial charge in [-0.25, -0.2) is 0 Å². The third-order valence-corrected chi connectivity index (χ3v) is 3.77. The van der Waals surface area contributed by atoms with Crippen LogP contribution in [0.2, 0.25) is 0 Å². The van der Waals surface area contributed by atoms with Gasteiger partial charge in [0.15, 0.2) is 0 Å². The first-order valence-electron chi connectivity index (χ1n) is 6.09. The first-order chi connectivity index (χ1) is 7.18. The number of unbranched alkanes of at least 4 members (excludes halogenated alkanes) is 6. The van der Waals surface area contributed by atoms with Crippen LogP contribution < -0.4 is 5.73 Å². The van der Waals surface area contributed by atoms with Crippen molar-refractivity contribution >= 4 is 17.7 Å². The molecule has 90 valence electrons. The van der Waals surface area contributed by atoms with Gasteiger partial charge in [0.05, 0.1) is 5.25 Å². The highest BCUT2D eigenvalue weighted by Crippen LogP contribution is 2.14. The lowest BCUT2D eigenvalue weighted by Gasteiger charge is -2.06. The monoisotopic (exact) mass is 231 g/mol. The molecule has 0 heterocycles. The Balaban J connectivity index is 3.08. The molecule has 15 heavy (non-hydrogen) atoms. The number of carbonyl (C=O) groups is 1. The fourth-order valence-electron chi connectivity index (χ4n) is 1.40. The zero-order chi connectivity index (χ0) is 11.5. The van der Waals surface area contributed by atoms with Gasteiger partial charge in [0, 0.05) is 0 Å². The molecular formula is C12H25NOS. The first kappa shape index (κ1) is 14.8. The van der Waals surface area contributed by atoms with Gasteiger partial charge in [-0.3, -0.25) is 4.79 Å². The van der Waals surface area contributed by atoms with Crippen LogP contribution in [-0.4, -0.2) is 16.9 Å². The number of thioether (sulfide) groups is 1. The maximum atomic E-state index is 10.7. The normalized spacial score (nSPS) is 12.7. The van der Waals surface area contributed by atoms with Crippen LogP contribution in [0.1, 0.15) is 58.8 Å². The van der Waals surface area contributed by atoms with Crippen LogP contribution >= 0.6 is 11.8 Å². The summed E-state index contributed by atoms with van der Waals surface area (Å²) in [6, 6.07) is 0. The first-order valence-corrected chi connectivity index (χ1v) is 7.14. The Bertz CT molecular complexity index is 162. The van der Waals surface area contributed by atoms with Crippen LogP contribution in [0, 0.1) is 0 Å². The van der Waals surface area contributed by atoms with E-state index < -0.39 is 0 Å². The average Bonchev–Trinajstić information content (AvgIpc) is 2.21. The maximum absolute atomic E-state index is 10.7. The molecule has 0 aliphatic heterocycles. The number of primary amides is 1. The topological polar surface area (TPSA) is 43.1 Å². The zero-order valence-electron chi connectivity index (χ0n) is 10.1. The quantitative estimate of drug-likeness (QED) is 0.586. The fraction of sp³-hybridized carbons (Fsp3) is 0.917. The molecule has 2 nitrogen and oxygen atoms in total. The van der Waals surface area contributed by atoms with Gasteiger partial charge in [0.1, 0.15) is 0 Å². The van der Waals surface area contributed by atoms with E-state index in [1.54, 1.807) is 11.8 Å². The standard InChI is InChI=1S/C12H25NOS/c1-3-4-5-6-7-8-9-10-15-11(2)12(13)14/h11H,3-10H2,1-2H3,(H2,13,14). The van der Waals surface area contributed by atoms with E-state index in [9.17, 15) is 4.79 Å². The Hall–Kier alpha value is -0.180. The second-order valence-electron chi connectivity index (χ2n) is 4.04. The molecule has 0 saturated carbocycles. The zero-order valence-corrected chi connectivity index (χ0v) is 10.9. The van der Waals surface area contributed by atoms with Gasteiger partial charge in [-0.05, 0) is 19.1 Å². The molecule has 0 spiro atoms. The fourth-order valence-corrected chi connectivity index (χ4v) is 2.29. The molecule has 0 saturated heterocycles. The van der Waals surface area contributed by atoms with Gasteiger partial charge in [-0.15, -0.1) is 11.8 Å². The molecule has 3 heteroatoms. The van der Waals surface area contributed by atoms with Gasteiger partial charge in [-0.1, -0.05) is 45.4 Å². The molecule has 0 radical (unpaired) electrons. The van der Waals surface area contributed by atoms with Crippen LogP contribution in [0.3, 0.4) is 0 Å². The summed E-state index contributed by atoms with van der Waals surface area (Å²) in [7, 11) is 0. The van der Waals surface area contributed by atoms with Gasteiger partial charge in [-0.2, -0.15) is 0 Å². The van der Waals surface area contributed by atoms with Gasteiger partial charge < -0.3 is 5.73 Å². The Kier molecular flexibility index (Phi) is 10.2. The van der Waals surface area contributed by atoms with E-state index in [-0.39, 0.29) is 11.2 Å². The minimum absolute atomic E-state index is 0.0231. The summed E-state index contributed by atoms with van der Waals surface area (Å²) in [5, 5.41) is -0.0231. The number of hydrogen-bond acceptors (Lipinski definition) is 2. The maximum Gasteiger partial charge on any atom is 0.230 e. The van der Waals surface area contributed by atoms with Crippen molar-refractivity contribution < 1.29 is 4.79 Å². The molecule has 1 unspecified atom stereocenters. The molecule has 0 rings (SSSR count). The van der Waals surface area contributed by atoms with Crippen LogP contribution in [-0.2, 0) is 4.79 Å². The van der Waals surface area contributed by atoms with E-state index >= 15 is 0 Å². The van der Waals surface area contributed by atoms with Crippen molar-refractivity contribution in [2.45, 2.75) is 64.0 Å². The van der Waals surface area contributed by atoms with E-state index in [1.165, 1.54) is 44.9 Å². The van der Waals surface area contributed by atoms with E-state index in [0.29, 0.717) is 0 Å². The summed E-state index contributed by atoms with van der Waals surface area (Å²) in [6.45, 7) is 4.12. The van der Waals surface area contributed by atoms with Crippen molar-refractivity contribution in [1.29, 1.82) is 0 Å². The highest BCUT2D eigenvalue weighted by Gasteiger charge is 2.07. The molecule has 2 N–H and O–H groups in total. The molecule has 0 aromatic rings. The highest BCUT2D eigenvalue weighted by molar-refractivity contribution is 8.00. The Morgan fingerprint density at radius 3 is 2.20 bits per heavy atom. The number of nitrogens with two attached hydrogens (primary N) is 1. The number of rotatable bonds is 10. The smallest absolute Gasteiger partial charge is 0.230 e. The van der Waals surface area contributed by atoms with Crippen molar-refractivity contribution in [3.8, 4) is 0 Å². The number of amides is 1. The molecule has 0 bridgehead atoms. The molecule has 1 amide bonds. The van der Waals surface area contributed by atoms with E-state index in [0.717, 1.165) is 5.75 Å². The average molecular weight is 231 g/mol. The molecular weight excluding hydrogens is 206 g/mol. The van der Waals surface area contributed by atoms with Crippen LogP contribution in [0.25, 0.3) is 0 Å². The molecule has 0 aromatic carbocycles. The highest BCUT2D eigenvalue weighted by atomic mass is 32.2. The van der Waals surface area contributed by atoms with Crippen molar-refractivity contribution in [3.63, 3.8) is 0 Å². The molecule has 0 aliphatic carbocycles. The van der Waals surface area contributed by atoms with Crippen LogP contribution in [0.5, 0.6) is 0 Å². The van der Waals surface area contributed by atoms with Gasteiger partial charge in [0.25, 0.3) is 0 Å². The van der Waals surface area contributed by atoms with Crippen LogP contribution in [0.15, 0.2) is 0 Å². The molecule has 0 fully saturated rings. The van der Waals surface area contributed by atoms with Crippen molar-refractivity contribution in [2.24, 2.45) is 5.73 Å². The lowest BCUT2D eigenvalue weighted by Crippen LogP contribution is -2.22. The molecule has 0 aromatic heterocycles. The lowest BCUT2D eigenvalue weighted by atomic mass is 10.1. The van der Waals surface area contributed by atoms with Crippen LogP contribution in [0.4, 0.5) is 0 Å². The predicted molar refractivity (Wildman–Crippen MR) is 69.1 cm³/mol. The number of carbonyl (C=O) groups excluding carboxylic acids is 1. The predicted octanol–water partition coefficient (Wildman–Crippen LogP) is 3.34. The molecule has 1 atom stereocenters. The summed E-state index contributed by atoms with van der Waals surface area (Å²) in [6.07, 6.45) is 9.27. The van der Waals surface area contributed by atoms with Crippen molar-refractivity contribution in [1.82, 2.24) is 0 Å². The third kappa shape index (κ3) is 10.1. The molecule has 0 aliphatic rings. The lowest BCUT2D eigenvalue weighted by molar-refractivity contribution is -0.117. The SMILES string of the molecule is CCCCCCCCCSC(C)C(N)=O. The third-order valence-electron chi connectivity index (χ3n) is 2.52. The van der Waals surface area contributed by atoms with Gasteiger partial charge in [0.2, 0.25) is 5.91 Å². The summed E-state index contributed by atoms with van der Waals surface area (Å²) in [5.74, 6) is 0.876. The summed E-state index contributed by atoms with van der Waals surface area (Å²) >= 11 is 1.68. The second kappa shape index (κ2) is 10.3. The van der Waals surface area contributed by atoms with Gasteiger partial charge >= 0.3 is 0 Å². The Morgan fingerprint density at radius 2 is 1.67 bits per heavy atom. The largest absolute Gasteiger partial charge is 0.369 e. The summed E-state index contributed by atoms with van der Waals surface area (Å²) < 4.78 is 0. The Morgan fingerprint density at radius 1 is 1.13 bits per heavy atom. The van der Waals surface area contributed by atoms with Crippen molar-refractivity contribution in [3.05, 3.63) is 0 Å². The van der Waals surface area contributed by atoms with E-state index in [4.69, 9.17) is 5.73 Å². The van der Waals surface area contributed by atoms with E-state index in [1.807, 2.05) is 6.92 Å². The second-order valence-corrected chi connectivity index (χ2v) is 5.49.